The molecule has 0 saturated heterocycles. The first kappa shape index (κ1) is 14.7. The van der Waals surface area contributed by atoms with E-state index in [0.717, 1.165) is 12.0 Å². The molecule has 0 spiro atoms. The second kappa shape index (κ2) is 5.55. The maximum absolute atomic E-state index is 11.1. The van der Waals surface area contributed by atoms with Gasteiger partial charge < -0.3 is 9.47 Å². The Morgan fingerprint density at radius 2 is 1.89 bits per heavy atom. The van der Waals surface area contributed by atoms with E-state index in [4.69, 9.17) is 9.47 Å². The Labute approximate surface area is 108 Å². The summed E-state index contributed by atoms with van der Waals surface area (Å²) in [6, 6.07) is 0. The van der Waals surface area contributed by atoms with Crippen molar-refractivity contribution in [2.24, 2.45) is 5.92 Å². The standard InChI is InChI=1S/C14H22O4/c1-9-6-7-12(8-13(9)17-10(2)15)14(4,5)18-11(3)16/h6,12-13H,7-8H2,1-5H3/t12-,13+/m0/s1. The van der Waals surface area contributed by atoms with Crippen LogP contribution >= 0.6 is 0 Å². The lowest BCUT2D eigenvalue weighted by Gasteiger charge is -2.38. The zero-order valence-electron chi connectivity index (χ0n) is 11.8. The molecule has 0 N–H and O–H groups in total. The van der Waals surface area contributed by atoms with Gasteiger partial charge in [-0.1, -0.05) is 6.08 Å². The molecule has 18 heavy (non-hydrogen) atoms. The molecule has 0 saturated carbocycles. The minimum absolute atomic E-state index is 0.162. The van der Waals surface area contributed by atoms with E-state index in [1.54, 1.807) is 0 Å². The van der Waals surface area contributed by atoms with Gasteiger partial charge in [-0.15, -0.1) is 0 Å². The molecule has 0 aromatic rings. The van der Waals surface area contributed by atoms with Crippen LogP contribution in [0.3, 0.4) is 0 Å². The summed E-state index contributed by atoms with van der Waals surface area (Å²) in [5, 5.41) is 0. The van der Waals surface area contributed by atoms with Crippen molar-refractivity contribution < 1.29 is 19.1 Å². The van der Waals surface area contributed by atoms with Crippen LogP contribution in [-0.4, -0.2) is 23.6 Å². The largest absolute Gasteiger partial charge is 0.460 e. The van der Waals surface area contributed by atoms with E-state index in [1.807, 2.05) is 20.8 Å². The number of carbonyl (C=O) groups excluding carboxylic acids is 2. The second-order valence-electron chi connectivity index (χ2n) is 5.41. The summed E-state index contributed by atoms with van der Waals surface area (Å²) >= 11 is 0. The van der Waals surface area contributed by atoms with Crippen LogP contribution in [0.5, 0.6) is 0 Å². The van der Waals surface area contributed by atoms with E-state index in [9.17, 15) is 9.59 Å². The Hall–Kier alpha value is -1.32. The van der Waals surface area contributed by atoms with E-state index in [-0.39, 0.29) is 24.0 Å². The Kier molecular flexibility index (Phi) is 4.54. The summed E-state index contributed by atoms with van der Waals surface area (Å²) in [6.45, 7) is 8.59. The quantitative estimate of drug-likeness (QED) is 0.574. The first-order valence-electron chi connectivity index (χ1n) is 6.26. The highest BCUT2D eigenvalue weighted by Gasteiger charge is 2.37. The van der Waals surface area contributed by atoms with Crippen LogP contribution in [0.4, 0.5) is 0 Å². The highest BCUT2D eigenvalue weighted by atomic mass is 16.6. The van der Waals surface area contributed by atoms with Gasteiger partial charge in [-0.25, -0.2) is 0 Å². The van der Waals surface area contributed by atoms with Gasteiger partial charge in [0.05, 0.1) is 0 Å². The molecule has 4 heteroatoms. The third-order valence-electron chi connectivity index (χ3n) is 3.43. The zero-order chi connectivity index (χ0) is 13.9. The summed E-state index contributed by atoms with van der Waals surface area (Å²) < 4.78 is 10.6. The van der Waals surface area contributed by atoms with Crippen molar-refractivity contribution in [2.75, 3.05) is 0 Å². The number of rotatable bonds is 3. The number of hydrogen-bond acceptors (Lipinski definition) is 4. The van der Waals surface area contributed by atoms with Crippen molar-refractivity contribution in [2.45, 2.75) is 59.2 Å². The average molecular weight is 254 g/mol. The molecule has 2 atom stereocenters. The molecule has 0 aromatic carbocycles. The highest BCUT2D eigenvalue weighted by Crippen LogP contribution is 2.35. The van der Waals surface area contributed by atoms with Gasteiger partial charge in [-0.2, -0.15) is 0 Å². The van der Waals surface area contributed by atoms with Gasteiger partial charge in [0.15, 0.2) is 0 Å². The molecule has 0 heterocycles. The maximum Gasteiger partial charge on any atom is 0.303 e. The molecule has 102 valence electrons. The number of esters is 2. The fourth-order valence-electron chi connectivity index (χ4n) is 2.36. The second-order valence-corrected chi connectivity index (χ2v) is 5.41. The molecule has 1 rings (SSSR count). The van der Waals surface area contributed by atoms with Crippen LogP contribution in [0.15, 0.2) is 11.6 Å². The summed E-state index contributed by atoms with van der Waals surface area (Å²) in [6.07, 6.45) is 3.40. The highest BCUT2D eigenvalue weighted by molar-refractivity contribution is 5.67. The lowest BCUT2D eigenvalue weighted by Crippen LogP contribution is -2.40. The molecule has 4 nitrogen and oxygen atoms in total. The molecule has 1 aliphatic carbocycles. The minimum atomic E-state index is -0.540. The molecule has 0 aromatic heterocycles. The predicted molar refractivity (Wildman–Crippen MR) is 67.9 cm³/mol. The maximum atomic E-state index is 11.1. The summed E-state index contributed by atoms with van der Waals surface area (Å²) in [5.74, 6) is -0.400. The molecule has 0 bridgehead atoms. The molecule has 0 unspecified atom stereocenters. The number of allylic oxidation sites excluding steroid dienone is 1. The van der Waals surface area contributed by atoms with E-state index < -0.39 is 5.60 Å². The van der Waals surface area contributed by atoms with Crippen LogP contribution in [-0.2, 0) is 19.1 Å². The van der Waals surface area contributed by atoms with Crippen LogP contribution < -0.4 is 0 Å². The Bertz CT molecular complexity index is 368. The first-order valence-corrected chi connectivity index (χ1v) is 6.26. The van der Waals surface area contributed by atoms with Gasteiger partial charge in [0, 0.05) is 19.8 Å². The number of ether oxygens (including phenoxy) is 2. The van der Waals surface area contributed by atoms with Gasteiger partial charge in [-0.05, 0) is 39.2 Å². The lowest BCUT2D eigenvalue weighted by molar-refractivity contribution is -0.162. The fraction of sp³-hybridized carbons (Fsp3) is 0.714. The number of carbonyl (C=O) groups is 2. The monoisotopic (exact) mass is 254 g/mol. The van der Waals surface area contributed by atoms with Crippen molar-refractivity contribution in [1.82, 2.24) is 0 Å². The van der Waals surface area contributed by atoms with E-state index in [2.05, 4.69) is 6.08 Å². The van der Waals surface area contributed by atoms with Crippen molar-refractivity contribution >= 4 is 11.9 Å². The molecular formula is C14H22O4. The van der Waals surface area contributed by atoms with Crippen molar-refractivity contribution in [3.63, 3.8) is 0 Å². The summed E-state index contributed by atoms with van der Waals surface area (Å²) in [5.41, 5.74) is 0.529. The third-order valence-corrected chi connectivity index (χ3v) is 3.43. The van der Waals surface area contributed by atoms with Crippen molar-refractivity contribution in [3.8, 4) is 0 Å². The Morgan fingerprint density at radius 3 is 2.39 bits per heavy atom. The molecule has 0 amide bonds. The molecule has 0 aliphatic heterocycles. The zero-order valence-corrected chi connectivity index (χ0v) is 11.8. The summed E-state index contributed by atoms with van der Waals surface area (Å²) in [4.78, 5) is 22.2. The summed E-state index contributed by atoms with van der Waals surface area (Å²) in [7, 11) is 0. The normalized spacial score (nSPS) is 24.2. The van der Waals surface area contributed by atoms with Gasteiger partial charge in [0.25, 0.3) is 0 Å². The topological polar surface area (TPSA) is 52.6 Å². The van der Waals surface area contributed by atoms with Gasteiger partial charge in [-0.3, -0.25) is 9.59 Å². The van der Waals surface area contributed by atoms with Crippen molar-refractivity contribution in [1.29, 1.82) is 0 Å². The lowest BCUT2D eigenvalue weighted by atomic mass is 9.78. The van der Waals surface area contributed by atoms with Gasteiger partial charge in [0.2, 0.25) is 0 Å². The van der Waals surface area contributed by atoms with Gasteiger partial charge in [0.1, 0.15) is 11.7 Å². The fourth-order valence-corrected chi connectivity index (χ4v) is 2.36. The number of hydrogen-bond donors (Lipinski definition) is 0. The molecule has 1 aliphatic rings. The van der Waals surface area contributed by atoms with Crippen LogP contribution in [0.2, 0.25) is 0 Å². The van der Waals surface area contributed by atoms with E-state index in [0.29, 0.717) is 6.42 Å². The molecule has 0 radical (unpaired) electrons. The predicted octanol–water partition coefficient (Wildman–Crippen LogP) is 2.62. The van der Waals surface area contributed by atoms with E-state index >= 15 is 0 Å². The van der Waals surface area contributed by atoms with Crippen LogP contribution in [0, 0.1) is 5.92 Å². The smallest absolute Gasteiger partial charge is 0.303 e. The average Bonchev–Trinajstić information content (AvgIpc) is 2.18. The van der Waals surface area contributed by atoms with Crippen LogP contribution in [0.1, 0.15) is 47.5 Å². The van der Waals surface area contributed by atoms with Crippen molar-refractivity contribution in [3.05, 3.63) is 11.6 Å². The van der Waals surface area contributed by atoms with Crippen LogP contribution in [0.25, 0.3) is 0 Å². The van der Waals surface area contributed by atoms with E-state index in [1.165, 1.54) is 13.8 Å². The Balaban J connectivity index is 2.76. The Morgan fingerprint density at radius 1 is 1.28 bits per heavy atom. The van der Waals surface area contributed by atoms with Gasteiger partial charge >= 0.3 is 11.9 Å². The molecular weight excluding hydrogens is 232 g/mol. The minimum Gasteiger partial charge on any atom is -0.460 e. The molecule has 0 fully saturated rings. The SMILES string of the molecule is CC(=O)O[C@@H]1C[C@@H](C(C)(C)OC(C)=O)CC=C1C. The third kappa shape index (κ3) is 3.86. The first-order chi connectivity index (χ1) is 8.22.